The molecule has 1 aromatic rings. The van der Waals surface area contributed by atoms with Gasteiger partial charge in [-0.05, 0) is 62.3 Å². The summed E-state index contributed by atoms with van der Waals surface area (Å²) >= 11 is 0. The van der Waals surface area contributed by atoms with Crippen molar-refractivity contribution in [3.63, 3.8) is 0 Å². The summed E-state index contributed by atoms with van der Waals surface area (Å²) < 4.78 is 0. The Morgan fingerprint density at radius 1 is 1.14 bits per heavy atom. The molecular formula is C18H24N2O. The summed E-state index contributed by atoms with van der Waals surface area (Å²) in [4.78, 5) is 14.4. The number of carbonyl (C=O) groups is 1. The quantitative estimate of drug-likeness (QED) is 0.848. The van der Waals surface area contributed by atoms with E-state index in [4.69, 9.17) is 0 Å². The topological polar surface area (TPSA) is 32.3 Å². The summed E-state index contributed by atoms with van der Waals surface area (Å²) in [6, 6.07) is 8.28. The molecule has 0 spiro atoms. The van der Waals surface area contributed by atoms with Crippen LogP contribution in [0.25, 0.3) is 0 Å². The molecule has 21 heavy (non-hydrogen) atoms. The summed E-state index contributed by atoms with van der Waals surface area (Å²) in [7, 11) is 0. The van der Waals surface area contributed by atoms with E-state index in [0.29, 0.717) is 12.3 Å². The average molecular weight is 284 g/mol. The lowest BCUT2D eigenvalue weighted by Gasteiger charge is -2.28. The summed E-state index contributed by atoms with van der Waals surface area (Å²) in [6.45, 7) is 2.31. The van der Waals surface area contributed by atoms with Gasteiger partial charge in [-0.2, -0.15) is 0 Å². The minimum atomic E-state index is 0.122. The van der Waals surface area contributed by atoms with Crippen LogP contribution in [0.4, 0.5) is 11.4 Å². The van der Waals surface area contributed by atoms with E-state index in [2.05, 4.69) is 34.5 Å². The first kappa shape index (κ1) is 14.2. The average Bonchev–Trinajstić information content (AvgIpc) is 3.02. The van der Waals surface area contributed by atoms with Gasteiger partial charge >= 0.3 is 0 Å². The fourth-order valence-corrected chi connectivity index (χ4v) is 3.22. The standard InChI is InChI=1S/C18H24N2O/c21-18(14-15-6-2-3-7-15)19-16-8-10-17(11-9-16)20-12-4-1-5-13-20/h2,6,8-11,15H,1,3-5,7,12-14H2,(H,19,21). The smallest absolute Gasteiger partial charge is 0.224 e. The molecule has 0 aromatic heterocycles. The molecule has 1 fully saturated rings. The van der Waals surface area contributed by atoms with E-state index in [0.717, 1.165) is 31.6 Å². The van der Waals surface area contributed by atoms with Gasteiger partial charge < -0.3 is 10.2 Å². The number of hydrogen-bond acceptors (Lipinski definition) is 2. The molecule has 1 heterocycles. The molecule has 3 rings (SSSR count). The lowest BCUT2D eigenvalue weighted by molar-refractivity contribution is -0.116. The largest absolute Gasteiger partial charge is 0.372 e. The second-order valence-electron chi connectivity index (χ2n) is 6.11. The van der Waals surface area contributed by atoms with E-state index in [-0.39, 0.29) is 5.91 Å². The molecular weight excluding hydrogens is 260 g/mol. The zero-order chi connectivity index (χ0) is 14.5. The predicted molar refractivity (Wildman–Crippen MR) is 87.6 cm³/mol. The van der Waals surface area contributed by atoms with Crippen LogP contribution >= 0.6 is 0 Å². The van der Waals surface area contributed by atoms with Crippen molar-refractivity contribution in [2.75, 3.05) is 23.3 Å². The van der Waals surface area contributed by atoms with Crippen molar-refractivity contribution in [1.82, 2.24) is 0 Å². The van der Waals surface area contributed by atoms with Crippen LogP contribution in [0.2, 0.25) is 0 Å². The zero-order valence-electron chi connectivity index (χ0n) is 12.6. The number of nitrogens with zero attached hydrogens (tertiary/aromatic N) is 1. The Labute approximate surface area is 127 Å². The van der Waals surface area contributed by atoms with E-state index in [1.165, 1.54) is 24.9 Å². The fourth-order valence-electron chi connectivity index (χ4n) is 3.22. The number of piperidine rings is 1. The predicted octanol–water partition coefficient (Wildman–Crippen LogP) is 3.97. The number of hydrogen-bond donors (Lipinski definition) is 1. The first-order chi connectivity index (χ1) is 10.3. The maximum Gasteiger partial charge on any atom is 0.224 e. The van der Waals surface area contributed by atoms with Crippen LogP contribution in [0.3, 0.4) is 0 Å². The molecule has 2 aliphatic rings. The Kier molecular flexibility index (Phi) is 4.59. The molecule has 3 nitrogen and oxygen atoms in total. The molecule has 1 saturated heterocycles. The van der Waals surface area contributed by atoms with Gasteiger partial charge in [0.1, 0.15) is 0 Å². The molecule has 1 aliphatic carbocycles. The van der Waals surface area contributed by atoms with Gasteiger partial charge in [0, 0.05) is 30.9 Å². The van der Waals surface area contributed by atoms with Crippen LogP contribution in [-0.4, -0.2) is 19.0 Å². The van der Waals surface area contributed by atoms with Gasteiger partial charge in [0.25, 0.3) is 0 Å². The highest BCUT2D eigenvalue weighted by atomic mass is 16.1. The second-order valence-corrected chi connectivity index (χ2v) is 6.11. The summed E-state index contributed by atoms with van der Waals surface area (Å²) in [5.74, 6) is 0.551. The number of carbonyl (C=O) groups excluding carboxylic acids is 1. The number of anilines is 2. The van der Waals surface area contributed by atoms with Crippen molar-refractivity contribution >= 4 is 17.3 Å². The van der Waals surface area contributed by atoms with Crippen LogP contribution in [0.15, 0.2) is 36.4 Å². The van der Waals surface area contributed by atoms with E-state index in [1.54, 1.807) is 0 Å². The number of benzene rings is 1. The Morgan fingerprint density at radius 2 is 1.90 bits per heavy atom. The molecule has 1 N–H and O–H groups in total. The molecule has 1 atom stereocenters. The first-order valence-electron chi connectivity index (χ1n) is 8.13. The molecule has 1 aromatic carbocycles. The third-order valence-electron chi connectivity index (χ3n) is 4.43. The van der Waals surface area contributed by atoms with E-state index in [9.17, 15) is 4.79 Å². The highest BCUT2D eigenvalue weighted by Gasteiger charge is 2.14. The normalized spacial score (nSPS) is 21.5. The van der Waals surface area contributed by atoms with Crippen LogP contribution in [0.5, 0.6) is 0 Å². The molecule has 0 radical (unpaired) electrons. The third kappa shape index (κ3) is 3.87. The molecule has 3 heteroatoms. The number of rotatable bonds is 4. The van der Waals surface area contributed by atoms with Crippen molar-refractivity contribution in [2.24, 2.45) is 5.92 Å². The lowest BCUT2D eigenvalue weighted by Crippen LogP contribution is -2.29. The maximum absolute atomic E-state index is 12.0. The highest BCUT2D eigenvalue weighted by Crippen LogP contribution is 2.23. The van der Waals surface area contributed by atoms with Crippen molar-refractivity contribution in [1.29, 1.82) is 0 Å². The third-order valence-corrected chi connectivity index (χ3v) is 4.43. The molecule has 1 unspecified atom stereocenters. The van der Waals surface area contributed by atoms with Crippen molar-refractivity contribution in [3.8, 4) is 0 Å². The first-order valence-corrected chi connectivity index (χ1v) is 8.13. The Hall–Kier alpha value is -1.77. The van der Waals surface area contributed by atoms with E-state index >= 15 is 0 Å². The van der Waals surface area contributed by atoms with Gasteiger partial charge in [-0.1, -0.05) is 12.2 Å². The summed E-state index contributed by atoms with van der Waals surface area (Å²) in [5.41, 5.74) is 2.18. The Morgan fingerprint density at radius 3 is 2.57 bits per heavy atom. The minimum Gasteiger partial charge on any atom is -0.372 e. The summed E-state index contributed by atoms with van der Waals surface area (Å²) in [5, 5.41) is 3.01. The Balaban J connectivity index is 1.53. The molecule has 112 valence electrons. The summed E-state index contributed by atoms with van der Waals surface area (Å²) in [6.07, 6.45) is 11.1. The number of nitrogens with one attached hydrogen (secondary N) is 1. The Bertz CT molecular complexity index is 500. The maximum atomic E-state index is 12.0. The highest BCUT2D eigenvalue weighted by molar-refractivity contribution is 5.91. The molecule has 0 saturated carbocycles. The van der Waals surface area contributed by atoms with Gasteiger partial charge in [0.15, 0.2) is 0 Å². The molecule has 1 aliphatic heterocycles. The van der Waals surface area contributed by atoms with Crippen molar-refractivity contribution < 1.29 is 4.79 Å². The SMILES string of the molecule is O=C(CC1C=CCC1)Nc1ccc(N2CCCCC2)cc1. The minimum absolute atomic E-state index is 0.122. The number of amides is 1. The fraction of sp³-hybridized carbons (Fsp3) is 0.500. The van der Waals surface area contributed by atoms with Crippen LogP contribution in [0.1, 0.15) is 38.5 Å². The van der Waals surface area contributed by atoms with Gasteiger partial charge in [-0.25, -0.2) is 0 Å². The lowest BCUT2D eigenvalue weighted by atomic mass is 10.0. The van der Waals surface area contributed by atoms with E-state index < -0.39 is 0 Å². The van der Waals surface area contributed by atoms with Crippen LogP contribution in [-0.2, 0) is 4.79 Å². The molecule has 1 amide bonds. The van der Waals surface area contributed by atoms with Gasteiger partial charge in [0.05, 0.1) is 0 Å². The van der Waals surface area contributed by atoms with Crippen LogP contribution < -0.4 is 10.2 Å². The van der Waals surface area contributed by atoms with Gasteiger partial charge in [-0.15, -0.1) is 0 Å². The van der Waals surface area contributed by atoms with Gasteiger partial charge in [0.2, 0.25) is 5.91 Å². The van der Waals surface area contributed by atoms with Crippen molar-refractivity contribution in [3.05, 3.63) is 36.4 Å². The second kappa shape index (κ2) is 6.79. The van der Waals surface area contributed by atoms with Crippen LogP contribution in [0, 0.1) is 5.92 Å². The molecule has 0 bridgehead atoms. The number of allylic oxidation sites excluding steroid dienone is 2. The van der Waals surface area contributed by atoms with Crippen molar-refractivity contribution in [2.45, 2.75) is 38.5 Å². The van der Waals surface area contributed by atoms with E-state index in [1.807, 2.05) is 12.1 Å². The van der Waals surface area contributed by atoms with Gasteiger partial charge in [-0.3, -0.25) is 4.79 Å². The zero-order valence-corrected chi connectivity index (χ0v) is 12.6. The monoisotopic (exact) mass is 284 g/mol.